The van der Waals surface area contributed by atoms with Crippen LogP contribution >= 0.6 is 0 Å². The van der Waals surface area contributed by atoms with E-state index >= 15 is 0 Å². The molecule has 2 aromatic carbocycles. The van der Waals surface area contributed by atoms with E-state index in [0.29, 0.717) is 5.69 Å². The maximum atomic E-state index is 13.0. The molecule has 0 spiro atoms. The number of carbonyl (C=O) groups is 2. The topological polar surface area (TPSA) is 67.4 Å². The average molecular weight is 366 g/mol. The molecule has 0 aromatic heterocycles. The van der Waals surface area contributed by atoms with Crippen LogP contribution in [0, 0.1) is 5.92 Å². The molecule has 1 atom stereocenters. The molecule has 0 radical (unpaired) electrons. The molecule has 0 bridgehead atoms. The first kappa shape index (κ1) is 19.0. The van der Waals surface area contributed by atoms with Crippen molar-refractivity contribution in [1.82, 2.24) is 0 Å². The van der Waals surface area contributed by atoms with Gasteiger partial charge in [0.05, 0.1) is 18.4 Å². The van der Waals surface area contributed by atoms with Crippen LogP contribution in [0.1, 0.15) is 44.7 Å². The molecule has 0 aliphatic carbocycles. The molecule has 2 aromatic rings. The van der Waals surface area contributed by atoms with Crippen LogP contribution in [0.15, 0.2) is 42.5 Å². The quantitative estimate of drug-likeness (QED) is 0.829. The molecule has 1 unspecified atom stereocenters. The summed E-state index contributed by atoms with van der Waals surface area (Å²) in [6.07, 6.45) is 0. The Morgan fingerprint density at radius 3 is 2.37 bits per heavy atom. The Morgan fingerprint density at radius 1 is 1.11 bits per heavy atom. The maximum absolute atomic E-state index is 13.0. The van der Waals surface area contributed by atoms with E-state index in [0.717, 1.165) is 22.6 Å². The van der Waals surface area contributed by atoms with E-state index in [1.807, 2.05) is 70.2 Å². The molecule has 0 saturated heterocycles. The number of amides is 2. The van der Waals surface area contributed by atoms with Gasteiger partial charge in [-0.2, -0.15) is 0 Å². The van der Waals surface area contributed by atoms with Crippen LogP contribution in [-0.4, -0.2) is 18.9 Å². The summed E-state index contributed by atoms with van der Waals surface area (Å²) in [5, 5.41) is 5.91. The van der Waals surface area contributed by atoms with Crippen molar-refractivity contribution in [3.63, 3.8) is 0 Å². The van der Waals surface area contributed by atoms with Crippen molar-refractivity contribution < 1.29 is 14.3 Å². The molecule has 0 saturated carbocycles. The predicted octanol–water partition coefficient (Wildman–Crippen LogP) is 4.30. The highest BCUT2D eigenvalue weighted by molar-refractivity contribution is 6.06. The van der Waals surface area contributed by atoms with Gasteiger partial charge in [0.25, 0.3) is 0 Å². The van der Waals surface area contributed by atoms with E-state index < -0.39 is 5.41 Å². The summed E-state index contributed by atoms with van der Waals surface area (Å²) in [5.41, 5.74) is 2.74. The lowest BCUT2D eigenvalue weighted by Gasteiger charge is -2.22. The summed E-state index contributed by atoms with van der Waals surface area (Å²) in [4.78, 5) is 25.1. The zero-order chi connectivity index (χ0) is 19.8. The highest BCUT2D eigenvalue weighted by Crippen LogP contribution is 2.39. The number of nitrogens with one attached hydrogen (secondary N) is 2. The number of benzene rings is 2. The zero-order valence-electron chi connectivity index (χ0n) is 16.4. The Balaban J connectivity index is 1.85. The van der Waals surface area contributed by atoms with Gasteiger partial charge in [-0.15, -0.1) is 0 Å². The number of methoxy groups -OCH3 is 1. The Hall–Kier alpha value is -2.82. The van der Waals surface area contributed by atoms with Gasteiger partial charge < -0.3 is 15.4 Å². The molecule has 1 heterocycles. The van der Waals surface area contributed by atoms with Crippen LogP contribution in [0.5, 0.6) is 5.75 Å². The lowest BCUT2D eigenvalue weighted by Crippen LogP contribution is -2.27. The van der Waals surface area contributed by atoms with Gasteiger partial charge in [0.1, 0.15) is 5.75 Å². The molecule has 3 rings (SSSR count). The number of hydrogen-bond acceptors (Lipinski definition) is 3. The van der Waals surface area contributed by atoms with Crippen LogP contribution in [0.25, 0.3) is 0 Å². The van der Waals surface area contributed by atoms with E-state index in [1.54, 1.807) is 7.11 Å². The lowest BCUT2D eigenvalue weighted by molar-refractivity contribution is -0.120. The molecule has 142 valence electrons. The second-order valence-corrected chi connectivity index (χ2v) is 7.82. The van der Waals surface area contributed by atoms with E-state index in [-0.39, 0.29) is 23.7 Å². The fourth-order valence-corrected chi connectivity index (χ4v) is 3.52. The van der Waals surface area contributed by atoms with Crippen molar-refractivity contribution >= 4 is 23.2 Å². The van der Waals surface area contributed by atoms with Gasteiger partial charge in [0, 0.05) is 11.4 Å². The van der Waals surface area contributed by atoms with Crippen LogP contribution in [0.4, 0.5) is 11.4 Å². The fourth-order valence-electron chi connectivity index (χ4n) is 3.52. The zero-order valence-corrected chi connectivity index (χ0v) is 16.4. The number of ether oxygens (including phenoxy) is 1. The summed E-state index contributed by atoms with van der Waals surface area (Å²) in [7, 11) is 1.62. The van der Waals surface area contributed by atoms with Gasteiger partial charge in [-0.3, -0.25) is 9.59 Å². The second-order valence-electron chi connectivity index (χ2n) is 7.82. The molecular formula is C22H26N2O3. The SMILES string of the molecule is COc1ccc(C(C(=O)Nc2ccc3c(c2)C(C)(C)C(=O)N3)C(C)C)cc1. The minimum Gasteiger partial charge on any atom is -0.497 e. The molecule has 1 aliphatic rings. The second kappa shape index (κ2) is 7.06. The Kier molecular flexibility index (Phi) is 4.96. The Labute approximate surface area is 160 Å². The average Bonchev–Trinajstić information content (AvgIpc) is 2.85. The molecule has 1 aliphatic heterocycles. The van der Waals surface area contributed by atoms with Gasteiger partial charge in [-0.05, 0) is 61.2 Å². The third-order valence-electron chi connectivity index (χ3n) is 5.20. The molecule has 0 fully saturated rings. The number of hydrogen-bond donors (Lipinski definition) is 2. The normalized spacial score (nSPS) is 15.9. The maximum Gasteiger partial charge on any atom is 0.234 e. The first-order valence-electron chi connectivity index (χ1n) is 9.15. The summed E-state index contributed by atoms with van der Waals surface area (Å²) in [5.74, 6) is 0.522. The molecular weight excluding hydrogens is 340 g/mol. The highest BCUT2D eigenvalue weighted by Gasteiger charge is 2.38. The van der Waals surface area contributed by atoms with Crippen molar-refractivity contribution in [3.8, 4) is 5.75 Å². The number of anilines is 2. The van der Waals surface area contributed by atoms with Crippen LogP contribution < -0.4 is 15.4 Å². The van der Waals surface area contributed by atoms with E-state index in [9.17, 15) is 9.59 Å². The molecule has 5 nitrogen and oxygen atoms in total. The first-order chi connectivity index (χ1) is 12.7. The summed E-state index contributed by atoms with van der Waals surface area (Å²) >= 11 is 0. The van der Waals surface area contributed by atoms with E-state index in [2.05, 4.69) is 10.6 Å². The lowest BCUT2D eigenvalue weighted by atomic mass is 9.85. The smallest absolute Gasteiger partial charge is 0.234 e. The van der Waals surface area contributed by atoms with Crippen molar-refractivity contribution in [2.45, 2.75) is 39.0 Å². The van der Waals surface area contributed by atoms with Crippen molar-refractivity contribution in [3.05, 3.63) is 53.6 Å². The first-order valence-corrected chi connectivity index (χ1v) is 9.15. The summed E-state index contributed by atoms with van der Waals surface area (Å²) in [6, 6.07) is 13.1. The third-order valence-corrected chi connectivity index (χ3v) is 5.20. The molecule has 2 N–H and O–H groups in total. The van der Waals surface area contributed by atoms with Crippen LogP contribution in [0.3, 0.4) is 0 Å². The minimum absolute atomic E-state index is 0.0285. The molecule has 27 heavy (non-hydrogen) atoms. The van der Waals surface area contributed by atoms with Gasteiger partial charge in [-0.25, -0.2) is 0 Å². The highest BCUT2D eigenvalue weighted by atomic mass is 16.5. The van der Waals surface area contributed by atoms with Gasteiger partial charge in [-0.1, -0.05) is 26.0 Å². The number of rotatable bonds is 5. The van der Waals surface area contributed by atoms with Gasteiger partial charge >= 0.3 is 0 Å². The van der Waals surface area contributed by atoms with Gasteiger partial charge in [0.2, 0.25) is 11.8 Å². The monoisotopic (exact) mass is 366 g/mol. The van der Waals surface area contributed by atoms with Gasteiger partial charge in [0.15, 0.2) is 0 Å². The van der Waals surface area contributed by atoms with Crippen LogP contribution in [-0.2, 0) is 15.0 Å². The van der Waals surface area contributed by atoms with Crippen molar-refractivity contribution in [2.75, 3.05) is 17.7 Å². The molecule has 5 heteroatoms. The van der Waals surface area contributed by atoms with E-state index in [1.165, 1.54) is 0 Å². The standard InChI is InChI=1S/C22H26N2O3/c1-13(2)19(14-6-9-16(27-5)10-7-14)20(25)23-15-8-11-18-17(12-15)22(3,4)21(26)24-18/h6-13,19H,1-5H3,(H,23,25)(H,24,26). The predicted molar refractivity (Wildman–Crippen MR) is 107 cm³/mol. The third kappa shape index (κ3) is 3.54. The Morgan fingerprint density at radius 2 is 1.78 bits per heavy atom. The molecule has 2 amide bonds. The van der Waals surface area contributed by atoms with Crippen LogP contribution in [0.2, 0.25) is 0 Å². The number of fused-ring (bicyclic) bond motifs is 1. The largest absolute Gasteiger partial charge is 0.497 e. The van der Waals surface area contributed by atoms with Crippen molar-refractivity contribution in [1.29, 1.82) is 0 Å². The van der Waals surface area contributed by atoms with E-state index in [4.69, 9.17) is 4.74 Å². The number of carbonyl (C=O) groups excluding carboxylic acids is 2. The summed E-state index contributed by atoms with van der Waals surface area (Å²) < 4.78 is 5.20. The van der Waals surface area contributed by atoms with Crippen molar-refractivity contribution in [2.24, 2.45) is 5.92 Å². The Bertz CT molecular complexity index is 870. The minimum atomic E-state index is -0.608. The summed E-state index contributed by atoms with van der Waals surface area (Å²) in [6.45, 7) is 7.83. The fraction of sp³-hybridized carbons (Fsp3) is 0.364.